The number of hydrazine groups is 1. The second-order valence-electron chi connectivity index (χ2n) is 6.16. The molecule has 0 saturated heterocycles. The Morgan fingerprint density at radius 2 is 2.00 bits per heavy atom. The molecule has 1 unspecified atom stereocenters. The summed E-state index contributed by atoms with van der Waals surface area (Å²) < 4.78 is 53.9. The fourth-order valence-corrected chi connectivity index (χ4v) is 2.89. The normalized spacial score (nSPS) is 17.2. The third-order valence-electron chi connectivity index (χ3n) is 4.14. The number of pyridine rings is 1. The molecular formula is C17H14F4N6. The zero-order valence-corrected chi connectivity index (χ0v) is 14.0. The number of aryl methyl sites for hydroxylation is 1. The van der Waals surface area contributed by atoms with Gasteiger partial charge in [0.05, 0.1) is 11.2 Å². The standard InChI is InChI=1S/C17H14F4N6/c1-9-6-13-14(22-8-9)12(7-10-4-2-3-5-11(10)18)26-27(13)16-23-15(24-25-16)17(19,20)21/h2-6,8,16,25H,7H2,1H3,(H,23,24). The zero-order chi connectivity index (χ0) is 19.2. The van der Waals surface area contributed by atoms with E-state index in [1.165, 1.54) is 10.7 Å². The van der Waals surface area contributed by atoms with Gasteiger partial charge in [-0.05, 0) is 30.2 Å². The highest BCUT2D eigenvalue weighted by molar-refractivity contribution is 5.88. The van der Waals surface area contributed by atoms with Crippen molar-refractivity contribution >= 4 is 16.9 Å². The number of benzene rings is 1. The molecule has 2 N–H and O–H groups in total. The van der Waals surface area contributed by atoms with E-state index in [0.717, 1.165) is 5.56 Å². The molecule has 0 fully saturated rings. The van der Waals surface area contributed by atoms with E-state index in [1.54, 1.807) is 30.5 Å². The van der Waals surface area contributed by atoms with Crippen LogP contribution in [0.4, 0.5) is 17.6 Å². The van der Waals surface area contributed by atoms with E-state index in [0.29, 0.717) is 22.3 Å². The molecule has 0 aliphatic carbocycles. The topological polar surface area (TPSA) is 67.1 Å². The van der Waals surface area contributed by atoms with E-state index in [2.05, 4.69) is 20.5 Å². The molecule has 3 aromatic rings. The molecule has 1 aliphatic rings. The summed E-state index contributed by atoms with van der Waals surface area (Å²) in [5.41, 5.74) is 7.16. The molecule has 27 heavy (non-hydrogen) atoms. The number of rotatable bonds is 3. The highest BCUT2D eigenvalue weighted by Crippen LogP contribution is 2.26. The van der Waals surface area contributed by atoms with Gasteiger partial charge in [-0.25, -0.2) is 14.1 Å². The van der Waals surface area contributed by atoms with Crippen molar-refractivity contribution in [1.29, 1.82) is 0 Å². The summed E-state index contributed by atoms with van der Waals surface area (Å²) in [7, 11) is 0. The Morgan fingerprint density at radius 3 is 2.70 bits per heavy atom. The van der Waals surface area contributed by atoms with Gasteiger partial charge >= 0.3 is 6.18 Å². The van der Waals surface area contributed by atoms with Gasteiger partial charge in [-0.2, -0.15) is 23.7 Å². The molecular weight excluding hydrogens is 364 g/mol. The molecule has 0 amide bonds. The Morgan fingerprint density at radius 1 is 1.22 bits per heavy atom. The Labute approximate surface area is 150 Å². The van der Waals surface area contributed by atoms with Crippen LogP contribution in [0.15, 0.2) is 41.5 Å². The summed E-state index contributed by atoms with van der Waals surface area (Å²) in [4.78, 5) is 7.96. The lowest BCUT2D eigenvalue weighted by Crippen LogP contribution is -2.40. The summed E-state index contributed by atoms with van der Waals surface area (Å²) >= 11 is 0. The van der Waals surface area contributed by atoms with Crippen molar-refractivity contribution in [3.8, 4) is 0 Å². The predicted molar refractivity (Wildman–Crippen MR) is 90.3 cm³/mol. The van der Waals surface area contributed by atoms with Gasteiger partial charge in [0, 0.05) is 12.6 Å². The first-order valence-electron chi connectivity index (χ1n) is 8.06. The minimum absolute atomic E-state index is 0.155. The van der Waals surface area contributed by atoms with Crippen molar-refractivity contribution in [1.82, 2.24) is 25.6 Å². The number of nitrogens with one attached hydrogen (secondary N) is 2. The number of nitrogens with zero attached hydrogens (tertiary/aromatic N) is 4. The van der Waals surface area contributed by atoms with Crippen LogP contribution < -0.4 is 10.9 Å². The molecule has 1 aliphatic heterocycles. The minimum atomic E-state index is -4.60. The van der Waals surface area contributed by atoms with Gasteiger partial charge in [-0.15, -0.1) is 0 Å². The smallest absolute Gasteiger partial charge is 0.298 e. The van der Waals surface area contributed by atoms with Gasteiger partial charge in [-0.3, -0.25) is 10.4 Å². The number of halogens is 4. The Bertz CT molecular complexity index is 1040. The average molecular weight is 378 g/mol. The fraction of sp³-hybridized carbons (Fsp3) is 0.235. The number of aromatic nitrogens is 3. The SMILES string of the molecule is Cc1cnc2c(Cc3ccccc3F)nn(C3N=C(C(F)(F)F)NN3)c2c1. The quantitative estimate of drug-likeness (QED) is 0.688. The van der Waals surface area contributed by atoms with Crippen molar-refractivity contribution in [3.63, 3.8) is 0 Å². The van der Waals surface area contributed by atoms with Crippen molar-refractivity contribution in [2.45, 2.75) is 25.8 Å². The average Bonchev–Trinajstić information content (AvgIpc) is 3.22. The summed E-state index contributed by atoms with van der Waals surface area (Å²) in [5, 5.41) is 4.38. The third kappa shape index (κ3) is 3.23. The minimum Gasteiger partial charge on any atom is -0.298 e. The lowest BCUT2D eigenvalue weighted by atomic mass is 10.1. The number of aliphatic imine (C=N–C) groups is 1. The zero-order valence-electron chi connectivity index (χ0n) is 14.0. The molecule has 0 bridgehead atoms. The molecule has 140 valence electrons. The van der Waals surface area contributed by atoms with Crippen molar-refractivity contribution in [2.24, 2.45) is 4.99 Å². The predicted octanol–water partition coefficient (Wildman–Crippen LogP) is 2.99. The molecule has 3 heterocycles. The van der Waals surface area contributed by atoms with E-state index < -0.39 is 18.3 Å². The van der Waals surface area contributed by atoms with Crippen molar-refractivity contribution < 1.29 is 17.6 Å². The first-order chi connectivity index (χ1) is 12.8. The van der Waals surface area contributed by atoms with E-state index >= 15 is 0 Å². The maximum atomic E-state index is 14.0. The first-order valence-corrected chi connectivity index (χ1v) is 8.06. The van der Waals surface area contributed by atoms with Gasteiger partial charge < -0.3 is 0 Å². The molecule has 1 atom stereocenters. The highest BCUT2D eigenvalue weighted by Gasteiger charge is 2.40. The van der Waals surface area contributed by atoms with Crippen molar-refractivity contribution in [2.75, 3.05) is 0 Å². The summed E-state index contributed by atoms with van der Waals surface area (Å²) in [6.07, 6.45) is -3.91. The second kappa shape index (κ2) is 6.31. The number of fused-ring (bicyclic) bond motifs is 1. The molecule has 10 heteroatoms. The van der Waals surface area contributed by atoms with Crippen LogP contribution in [0, 0.1) is 12.7 Å². The Kier molecular flexibility index (Phi) is 4.06. The molecule has 2 aromatic heterocycles. The maximum absolute atomic E-state index is 14.0. The van der Waals surface area contributed by atoms with E-state index in [1.807, 2.05) is 12.3 Å². The van der Waals surface area contributed by atoms with Crippen molar-refractivity contribution in [3.05, 3.63) is 59.2 Å². The van der Waals surface area contributed by atoms with Gasteiger partial charge in [0.2, 0.25) is 12.1 Å². The Hall–Kier alpha value is -3.01. The largest absolute Gasteiger partial charge is 0.450 e. The number of alkyl halides is 3. The van der Waals surface area contributed by atoms with Crippen LogP contribution in [0.1, 0.15) is 23.1 Å². The van der Waals surface area contributed by atoms with Crippen LogP contribution in [0.3, 0.4) is 0 Å². The monoisotopic (exact) mass is 378 g/mol. The second-order valence-corrected chi connectivity index (χ2v) is 6.16. The molecule has 6 nitrogen and oxygen atoms in total. The lowest BCUT2D eigenvalue weighted by molar-refractivity contribution is -0.0614. The van der Waals surface area contributed by atoms with E-state index in [-0.39, 0.29) is 12.2 Å². The molecule has 4 rings (SSSR count). The first kappa shape index (κ1) is 17.4. The lowest BCUT2D eigenvalue weighted by Gasteiger charge is -2.09. The highest BCUT2D eigenvalue weighted by atomic mass is 19.4. The molecule has 0 spiro atoms. The van der Waals surface area contributed by atoms with Gasteiger partial charge in [0.25, 0.3) is 0 Å². The Balaban J connectivity index is 1.79. The summed E-state index contributed by atoms with van der Waals surface area (Å²) in [6, 6.07) is 8.01. The van der Waals surface area contributed by atoms with Crippen LogP contribution >= 0.6 is 0 Å². The van der Waals surface area contributed by atoms with E-state index in [4.69, 9.17) is 0 Å². The number of hydrogen-bond acceptors (Lipinski definition) is 5. The number of hydrogen-bond donors (Lipinski definition) is 2. The van der Waals surface area contributed by atoms with Crippen LogP contribution in [-0.4, -0.2) is 26.8 Å². The molecule has 1 aromatic carbocycles. The van der Waals surface area contributed by atoms with Crippen LogP contribution in [0.2, 0.25) is 0 Å². The molecule has 0 radical (unpaired) electrons. The fourth-order valence-electron chi connectivity index (χ4n) is 2.89. The van der Waals surface area contributed by atoms with E-state index in [9.17, 15) is 17.6 Å². The number of amidine groups is 1. The van der Waals surface area contributed by atoms with Gasteiger partial charge in [-0.1, -0.05) is 18.2 Å². The van der Waals surface area contributed by atoms with Crippen LogP contribution in [0.25, 0.3) is 11.0 Å². The van der Waals surface area contributed by atoms with Crippen LogP contribution in [-0.2, 0) is 6.42 Å². The summed E-state index contributed by atoms with van der Waals surface area (Å²) in [5.74, 6) is -1.52. The van der Waals surface area contributed by atoms with Crippen LogP contribution in [0.5, 0.6) is 0 Å². The summed E-state index contributed by atoms with van der Waals surface area (Å²) in [6.45, 7) is 1.81. The molecule has 0 saturated carbocycles. The third-order valence-corrected chi connectivity index (χ3v) is 4.14. The maximum Gasteiger partial charge on any atom is 0.450 e. The van der Waals surface area contributed by atoms with Gasteiger partial charge in [0.1, 0.15) is 11.3 Å². The van der Waals surface area contributed by atoms with Gasteiger partial charge in [0.15, 0.2) is 0 Å².